The van der Waals surface area contributed by atoms with Crippen molar-refractivity contribution in [2.75, 3.05) is 20.3 Å². The second-order valence-corrected chi connectivity index (χ2v) is 11.9. The van der Waals surface area contributed by atoms with Crippen molar-refractivity contribution in [3.8, 4) is 11.1 Å². The Hall–Kier alpha value is -4.13. The van der Waals surface area contributed by atoms with E-state index in [1.165, 1.54) is 58.5 Å². The number of hydrogen-bond acceptors (Lipinski definition) is 5. The molecule has 232 valence electrons. The molecular formula is C37H44N2O5. The van der Waals surface area contributed by atoms with Crippen molar-refractivity contribution >= 4 is 18.0 Å². The predicted molar refractivity (Wildman–Crippen MR) is 171 cm³/mol. The van der Waals surface area contributed by atoms with E-state index in [4.69, 9.17) is 9.47 Å². The van der Waals surface area contributed by atoms with E-state index in [0.29, 0.717) is 13.0 Å². The van der Waals surface area contributed by atoms with Crippen molar-refractivity contribution < 1.29 is 23.9 Å². The van der Waals surface area contributed by atoms with Crippen LogP contribution < -0.4 is 5.32 Å². The third kappa shape index (κ3) is 7.87. The molecule has 0 bridgehead atoms. The number of nitrogens with zero attached hydrogens (tertiary/aromatic N) is 1. The molecule has 7 heteroatoms. The van der Waals surface area contributed by atoms with Crippen LogP contribution in [0.4, 0.5) is 4.79 Å². The van der Waals surface area contributed by atoms with Gasteiger partial charge in [0, 0.05) is 18.5 Å². The number of esters is 1. The molecule has 3 aromatic carbocycles. The second kappa shape index (κ2) is 15.6. The number of alkyl carbamates (subject to hydrolysis) is 1. The molecule has 0 aromatic heterocycles. The van der Waals surface area contributed by atoms with Crippen LogP contribution in [-0.4, -0.2) is 49.2 Å². The second-order valence-electron chi connectivity index (χ2n) is 11.9. The number of rotatable bonds is 6. The van der Waals surface area contributed by atoms with Gasteiger partial charge in [0.05, 0.1) is 13.5 Å². The van der Waals surface area contributed by atoms with Crippen LogP contribution in [0, 0.1) is 0 Å². The lowest BCUT2D eigenvalue weighted by Crippen LogP contribution is -2.49. The highest BCUT2D eigenvalue weighted by atomic mass is 16.5. The maximum atomic E-state index is 13.1. The summed E-state index contributed by atoms with van der Waals surface area (Å²) in [5.74, 6) is -0.699. The first kappa shape index (κ1) is 31.3. The summed E-state index contributed by atoms with van der Waals surface area (Å²) in [6.45, 7) is 0.343. The van der Waals surface area contributed by atoms with Gasteiger partial charge in [-0.05, 0) is 39.8 Å². The lowest BCUT2D eigenvalue weighted by molar-refractivity contribution is -0.144. The molecule has 3 aliphatic rings. The molecule has 1 unspecified atom stereocenters. The topological polar surface area (TPSA) is 84.9 Å². The van der Waals surface area contributed by atoms with E-state index in [9.17, 15) is 14.4 Å². The van der Waals surface area contributed by atoms with Crippen molar-refractivity contribution in [2.45, 2.75) is 82.7 Å². The van der Waals surface area contributed by atoms with Crippen molar-refractivity contribution in [1.82, 2.24) is 10.2 Å². The Kier molecular flexibility index (Phi) is 11.1. The highest BCUT2D eigenvalue weighted by molar-refractivity contribution is 5.84. The monoisotopic (exact) mass is 596 g/mol. The fourth-order valence-electron chi connectivity index (χ4n) is 6.65. The Balaban J connectivity index is 0.000000418. The number of ether oxygens (including phenoxy) is 2. The first-order valence-corrected chi connectivity index (χ1v) is 16.1. The zero-order chi connectivity index (χ0) is 30.7. The number of carbonyl (C=O) groups is 3. The van der Waals surface area contributed by atoms with Crippen molar-refractivity contribution in [1.29, 1.82) is 0 Å². The molecule has 1 atom stereocenters. The van der Waals surface area contributed by atoms with E-state index in [2.05, 4.69) is 29.6 Å². The van der Waals surface area contributed by atoms with Gasteiger partial charge in [-0.3, -0.25) is 9.59 Å². The van der Waals surface area contributed by atoms with E-state index in [1.807, 2.05) is 48.5 Å². The predicted octanol–water partition coefficient (Wildman–Crippen LogP) is 7.16. The third-order valence-corrected chi connectivity index (χ3v) is 9.03. The molecule has 2 amide bonds. The molecule has 0 radical (unpaired) electrons. The van der Waals surface area contributed by atoms with Crippen LogP contribution in [0.25, 0.3) is 11.1 Å². The molecule has 0 spiro atoms. The van der Waals surface area contributed by atoms with Crippen LogP contribution in [0.5, 0.6) is 0 Å². The molecule has 2 aliphatic carbocycles. The molecule has 1 saturated carbocycles. The van der Waals surface area contributed by atoms with Gasteiger partial charge in [-0.2, -0.15) is 0 Å². The van der Waals surface area contributed by atoms with Crippen molar-refractivity contribution in [3.63, 3.8) is 0 Å². The first-order chi connectivity index (χ1) is 21.5. The van der Waals surface area contributed by atoms with E-state index in [1.54, 1.807) is 4.90 Å². The Bertz CT molecular complexity index is 1370. The van der Waals surface area contributed by atoms with Gasteiger partial charge in [-0.15, -0.1) is 0 Å². The SMILES string of the molecule is C1CCCCCCC1.COC(=O)CC1Cc2ccccc2CN1C(=O)CNC(=O)OCC1c2ccccc2-c2ccccc21. The first-order valence-electron chi connectivity index (χ1n) is 16.1. The summed E-state index contributed by atoms with van der Waals surface area (Å²) in [6, 6.07) is 23.8. The van der Waals surface area contributed by atoms with Gasteiger partial charge in [0.15, 0.2) is 0 Å². The quantitative estimate of drug-likeness (QED) is 0.305. The van der Waals surface area contributed by atoms with Gasteiger partial charge in [-0.25, -0.2) is 4.79 Å². The highest BCUT2D eigenvalue weighted by Gasteiger charge is 2.32. The Morgan fingerprint density at radius 1 is 0.750 bits per heavy atom. The Morgan fingerprint density at radius 3 is 1.84 bits per heavy atom. The minimum Gasteiger partial charge on any atom is -0.469 e. The fourth-order valence-corrected chi connectivity index (χ4v) is 6.65. The maximum absolute atomic E-state index is 13.1. The van der Waals surface area contributed by atoms with Crippen LogP contribution in [0.1, 0.15) is 86.0 Å². The summed E-state index contributed by atoms with van der Waals surface area (Å²) in [7, 11) is 1.34. The van der Waals surface area contributed by atoms with Gasteiger partial charge in [0.1, 0.15) is 13.2 Å². The molecule has 1 N–H and O–H groups in total. The summed E-state index contributed by atoms with van der Waals surface area (Å²) in [5, 5.41) is 2.59. The highest BCUT2D eigenvalue weighted by Crippen LogP contribution is 2.44. The summed E-state index contributed by atoms with van der Waals surface area (Å²) in [6.07, 6.45) is 12.0. The van der Waals surface area contributed by atoms with Crippen molar-refractivity contribution in [2.24, 2.45) is 0 Å². The standard InChI is InChI=1S/C29H28N2O5.C8H16/c1-35-28(33)15-21-14-19-8-2-3-9-20(19)17-31(21)27(32)16-30-29(34)36-18-26-24-12-6-4-10-22(24)23-11-5-7-13-25(23)26;1-2-4-6-8-7-5-3-1/h2-13,21,26H,14-18H2,1H3,(H,30,34);1-8H2. The number of methoxy groups -OCH3 is 1. The molecular weight excluding hydrogens is 552 g/mol. The normalized spacial score (nSPS) is 17.4. The van der Waals surface area contributed by atoms with Gasteiger partial charge < -0.3 is 19.7 Å². The average molecular weight is 597 g/mol. The zero-order valence-electron chi connectivity index (χ0n) is 25.8. The molecule has 3 aromatic rings. The minimum absolute atomic E-state index is 0.0538. The molecule has 6 rings (SSSR count). The molecule has 1 aliphatic heterocycles. The van der Waals surface area contributed by atoms with Gasteiger partial charge >= 0.3 is 12.1 Å². The van der Waals surface area contributed by atoms with Gasteiger partial charge in [0.25, 0.3) is 0 Å². The Labute approximate surface area is 260 Å². The van der Waals surface area contributed by atoms with Crippen LogP contribution in [0.15, 0.2) is 72.8 Å². The fraction of sp³-hybridized carbons (Fsp3) is 0.432. The number of hydrogen-bond donors (Lipinski definition) is 1. The van der Waals surface area contributed by atoms with Crippen molar-refractivity contribution in [3.05, 3.63) is 95.1 Å². The smallest absolute Gasteiger partial charge is 0.407 e. The average Bonchev–Trinajstić information content (AvgIpc) is 3.35. The molecule has 1 fully saturated rings. The molecule has 44 heavy (non-hydrogen) atoms. The summed E-state index contributed by atoms with van der Waals surface area (Å²) >= 11 is 0. The van der Waals surface area contributed by atoms with E-state index in [-0.39, 0.29) is 43.4 Å². The lowest BCUT2D eigenvalue weighted by Gasteiger charge is -2.36. The minimum atomic E-state index is -0.646. The largest absolute Gasteiger partial charge is 0.469 e. The number of fused-ring (bicyclic) bond motifs is 4. The van der Waals surface area contributed by atoms with Crippen LogP contribution in [0.2, 0.25) is 0 Å². The zero-order valence-corrected chi connectivity index (χ0v) is 25.8. The number of nitrogens with one attached hydrogen (secondary N) is 1. The number of carbonyl (C=O) groups excluding carboxylic acids is 3. The molecule has 1 heterocycles. The van der Waals surface area contributed by atoms with Gasteiger partial charge in [-0.1, -0.05) is 124 Å². The lowest BCUT2D eigenvalue weighted by atomic mass is 9.92. The van der Waals surface area contributed by atoms with Crippen LogP contribution in [0.3, 0.4) is 0 Å². The summed E-state index contributed by atoms with van der Waals surface area (Å²) < 4.78 is 10.4. The maximum Gasteiger partial charge on any atom is 0.407 e. The third-order valence-electron chi connectivity index (χ3n) is 9.03. The summed E-state index contributed by atoms with van der Waals surface area (Å²) in [4.78, 5) is 39.2. The number of benzene rings is 3. The summed E-state index contributed by atoms with van der Waals surface area (Å²) in [5.41, 5.74) is 6.70. The van der Waals surface area contributed by atoms with Gasteiger partial charge in [0.2, 0.25) is 5.91 Å². The van der Waals surface area contributed by atoms with E-state index < -0.39 is 6.09 Å². The Morgan fingerprint density at radius 2 is 1.27 bits per heavy atom. The molecule has 0 saturated heterocycles. The van der Waals surface area contributed by atoms with E-state index in [0.717, 1.165) is 33.4 Å². The molecule has 7 nitrogen and oxygen atoms in total. The van der Waals surface area contributed by atoms with E-state index >= 15 is 0 Å². The van der Waals surface area contributed by atoms with Crippen LogP contribution >= 0.6 is 0 Å². The number of amides is 2. The van der Waals surface area contributed by atoms with Crippen LogP contribution in [-0.2, 0) is 32.0 Å².